The number of morpholine rings is 1. The molecule has 1 aliphatic heterocycles. The van der Waals surface area contributed by atoms with Crippen LogP contribution in [0.4, 0.5) is 19.1 Å². The number of anilines is 1. The lowest BCUT2D eigenvalue weighted by atomic mass is 9.72. The van der Waals surface area contributed by atoms with E-state index < -0.39 is 12.1 Å². The maximum Gasteiger partial charge on any atom is 0.391 e. The number of aryl methyl sites for hydroxylation is 3. The highest BCUT2D eigenvalue weighted by Crippen LogP contribution is 2.50. The summed E-state index contributed by atoms with van der Waals surface area (Å²) in [6, 6.07) is 1.93. The largest absolute Gasteiger partial charge is 0.391 e. The van der Waals surface area contributed by atoms with Crippen molar-refractivity contribution in [1.29, 1.82) is 0 Å². The number of ether oxygens (including phenoxy) is 1. The van der Waals surface area contributed by atoms with Gasteiger partial charge in [0.05, 0.1) is 48.0 Å². The summed E-state index contributed by atoms with van der Waals surface area (Å²) >= 11 is 0. The molecule has 1 saturated heterocycles. The van der Waals surface area contributed by atoms with Crippen molar-refractivity contribution < 1.29 is 17.9 Å². The summed E-state index contributed by atoms with van der Waals surface area (Å²) in [5.41, 5.74) is 4.62. The molecule has 11 heteroatoms. The van der Waals surface area contributed by atoms with Crippen molar-refractivity contribution in [2.75, 3.05) is 24.6 Å². The van der Waals surface area contributed by atoms with Gasteiger partial charge in [-0.1, -0.05) is 0 Å². The summed E-state index contributed by atoms with van der Waals surface area (Å²) in [5.74, 6) is -1.18. The maximum atomic E-state index is 13.1. The summed E-state index contributed by atoms with van der Waals surface area (Å²) in [5, 5.41) is 8.00. The minimum atomic E-state index is -4.19. The summed E-state index contributed by atoms with van der Waals surface area (Å²) < 4.78 is 45.3. The van der Waals surface area contributed by atoms with E-state index in [1.165, 1.54) is 0 Å². The van der Waals surface area contributed by atoms with Crippen molar-refractivity contribution in [3.63, 3.8) is 0 Å². The van der Waals surface area contributed by atoms with Gasteiger partial charge in [0.15, 0.2) is 5.65 Å². The van der Waals surface area contributed by atoms with Gasteiger partial charge in [-0.3, -0.25) is 0 Å². The Kier molecular flexibility index (Phi) is 5.38. The van der Waals surface area contributed by atoms with Crippen LogP contribution in [-0.4, -0.2) is 56.0 Å². The Balaban J connectivity index is 1.50. The van der Waals surface area contributed by atoms with Crippen LogP contribution in [0.25, 0.3) is 11.2 Å². The third-order valence-electron chi connectivity index (χ3n) is 6.46. The second-order valence-corrected chi connectivity index (χ2v) is 8.82. The zero-order valence-electron chi connectivity index (χ0n) is 18.6. The highest BCUT2D eigenvalue weighted by Gasteiger charge is 2.49. The van der Waals surface area contributed by atoms with Crippen LogP contribution in [0, 0.1) is 26.7 Å². The van der Waals surface area contributed by atoms with Gasteiger partial charge < -0.3 is 9.64 Å². The van der Waals surface area contributed by atoms with Crippen molar-refractivity contribution in [3.8, 4) is 0 Å². The molecule has 1 saturated carbocycles. The summed E-state index contributed by atoms with van der Waals surface area (Å²) in [4.78, 5) is 20.6. The lowest BCUT2D eigenvalue weighted by Gasteiger charge is -2.37. The average Bonchev–Trinajstić information content (AvgIpc) is 2.73. The number of fused-ring (bicyclic) bond motifs is 1. The standard InChI is InChI=1S/C22H24F3N7O/c1-11-6-15(9-26-31-11)17-10-32(4-5-33-17)21-29-18(14-7-16(8-14)22(23,24)25)19-20(30-21)28-13(3)12(2)27-19/h6,9,14,16-17H,4-5,7-8,10H2,1-3H3/t14?,16?,17-/m0/s1. The van der Waals surface area contributed by atoms with E-state index in [0.29, 0.717) is 42.5 Å². The molecule has 1 atom stereocenters. The molecule has 0 radical (unpaired) electrons. The molecule has 0 N–H and O–H groups in total. The van der Waals surface area contributed by atoms with Crippen molar-refractivity contribution in [2.24, 2.45) is 5.92 Å². The van der Waals surface area contributed by atoms with Crippen molar-refractivity contribution in [3.05, 3.63) is 40.6 Å². The molecule has 3 aromatic heterocycles. The molecular formula is C22H24F3N7O. The molecule has 2 aliphatic rings. The Hall–Kier alpha value is -2.95. The fraction of sp³-hybridized carbons (Fsp3) is 0.545. The Labute approximate surface area is 188 Å². The second kappa shape index (κ2) is 8.12. The Morgan fingerprint density at radius 1 is 1.03 bits per heavy atom. The molecule has 0 bridgehead atoms. The van der Waals surface area contributed by atoms with Gasteiger partial charge >= 0.3 is 6.18 Å². The highest BCUT2D eigenvalue weighted by molar-refractivity contribution is 5.75. The van der Waals surface area contributed by atoms with Crippen LogP contribution in [0.5, 0.6) is 0 Å². The molecule has 174 valence electrons. The molecule has 1 aliphatic carbocycles. The molecule has 0 spiro atoms. The van der Waals surface area contributed by atoms with Crippen LogP contribution in [0.15, 0.2) is 12.3 Å². The predicted molar refractivity (Wildman–Crippen MR) is 114 cm³/mol. The molecule has 33 heavy (non-hydrogen) atoms. The predicted octanol–water partition coefficient (Wildman–Crippen LogP) is 3.77. The van der Waals surface area contributed by atoms with Gasteiger partial charge in [-0.15, -0.1) is 0 Å². The minimum absolute atomic E-state index is 0.0113. The molecule has 3 aromatic rings. The van der Waals surface area contributed by atoms with Crippen LogP contribution in [0.3, 0.4) is 0 Å². The van der Waals surface area contributed by atoms with Crippen LogP contribution in [0.1, 0.15) is 53.2 Å². The number of halogens is 3. The number of hydrogen-bond acceptors (Lipinski definition) is 8. The minimum Gasteiger partial charge on any atom is -0.370 e. The Bertz CT molecular complexity index is 1200. The van der Waals surface area contributed by atoms with E-state index in [1.807, 2.05) is 31.7 Å². The zero-order chi connectivity index (χ0) is 23.3. The summed E-state index contributed by atoms with van der Waals surface area (Å²) in [6.45, 7) is 7.05. The van der Waals surface area contributed by atoms with Gasteiger partial charge in [0.1, 0.15) is 11.6 Å². The lowest BCUT2D eigenvalue weighted by Crippen LogP contribution is -2.40. The van der Waals surface area contributed by atoms with Gasteiger partial charge in [-0.25, -0.2) is 15.0 Å². The van der Waals surface area contributed by atoms with Crippen molar-refractivity contribution >= 4 is 17.1 Å². The summed E-state index contributed by atoms with van der Waals surface area (Å²) in [7, 11) is 0. The molecule has 4 heterocycles. The third kappa shape index (κ3) is 4.21. The zero-order valence-corrected chi connectivity index (χ0v) is 18.6. The van der Waals surface area contributed by atoms with Crippen LogP contribution in [0.2, 0.25) is 0 Å². The number of alkyl halides is 3. The van der Waals surface area contributed by atoms with E-state index in [4.69, 9.17) is 9.72 Å². The van der Waals surface area contributed by atoms with Crippen LogP contribution in [-0.2, 0) is 4.74 Å². The molecule has 2 fully saturated rings. The van der Waals surface area contributed by atoms with Gasteiger partial charge in [-0.2, -0.15) is 28.4 Å². The van der Waals surface area contributed by atoms with E-state index in [-0.39, 0.29) is 24.9 Å². The number of hydrogen-bond donors (Lipinski definition) is 0. The lowest BCUT2D eigenvalue weighted by molar-refractivity contribution is -0.197. The smallest absolute Gasteiger partial charge is 0.370 e. The first-order chi connectivity index (χ1) is 15.7. The fourth-order valence-electron chi connectivity index (χ4n) is 4.36. The number of rotatable bonds is 3. The molecule has 8 nitrogen and oxygen atoms in total. The third-order valence-corrected chi connectivity index (χ3v) is 6.46. The molecule has 0 unspecified atom stereocenters. The molecule has 5 rings (SSSR count). The first-order valence-electron chi connectivity index (χ1n) is 10.9. The van der Waals surface area contributed by atoms with Gasteiger partial charge in [-0.05, 0) is 39.7 Å². The number of nitrogens with zero attached hydrogens (tertiary/aromatic N) is 7. The van der Waals surface area contributed by atoms with E-state index in [2.05, 4.69) is 25.1 Å². The SMILES string of the molecule is Cc1cc([C@@H]2CN(c3nc(C4CC(C(F)(F)F)C4)c4nc(C)c(C)nc4n3)CCO2)cnn1. The van der Waals surface area contributed by atoms with E-state index in [9.17, 15) is 13.2 Å². The first-order valence-corrected chi connectivity index (χ1v) is 10.9. The van der Waals surface area contributed by atoms with Crippen LogP contribution >= 0.6 is 0 Å². The monoisotopic (exact) mass is 459 g/mol. The van der Waals surface area contributed by atoms with Gasteiger partial charge in [0.25, 0.3) is 0 Å². The van der Waals surface area contributed by atoms with E-state index in [0.717, 1.165) is 22.6 Å². The summed E-state index contributed by atoms with van der Waals surface area (Å²) in [6.07, 6.45) is -2.72. The molecule has 0 aromatic carbocycles. The quantitative estimate of drug-likeness (QED) is 0.585. The van der Waals surface area contributed by atoms with E-state index >= 15 is 0 Å². The van der Waals surface area contributed by atoms with Gasteiger partial charge in [0, 0.05) is 18.0 Å². The average molecular weight is 459 g/mol. The fourth-order valence-corrected chi connectivity index (χ4v) is 4.36. The normalized spacial score (nSPS) is 23.6. The Morgan fingerprint density at radius 2 is 1.79 bits per heavy atom. The van der Waals surface area contributed by atoms with Gasteiger partial charge in [0.2, 0.25) is 5.95 Å². The Morgan fingerprint density at radius 3 is 2.52 bits per heavy atom. The van der Waals surface area contributed by atoms with Crippen molar-refractivity contribution in [1.82, 2.24) is 30.1 Å². The van der Waals surface area contributed by atoms with Crippen molar-refractivity contribution in [2.45, 2.75) is 51.8 Å². The second-order valence-electron chi connectivity index (χ2n) is 8.82. The highest BCUT2D eigenvalue weighted by atomic mass is 19.4. The first kappa shape index (κ1) is 21.9. The number of aromatic nitrogens is 6. The maximum absolute atomic E-state index is 13.1. The molecule has 0 amide bonds. The van der Waals surface area contributed by atoms with Crippen LogP contribution < -0.4 is 4.90 Å². The topological polar surface area (TPSA) is 89.8 Å². The molecular weight excluding hydrogens is 435 g/mol. The van der Waals surface area contributed by atoms with E-state index in [1.54, 1.807) is 6.20 Å².